The highest BCUT2D eigenvalue weighted by Crippen LogP contribution is 2.32. The van der Waals surface area contributed by atoms with Gasteiger partial charge >= 0.3 is 5.97 Å². The fraction of sp³-hybridized carbons (Fsp3) is 0.163. The summed E-state index contributed by atoms with van der Waals surface area (Å²) in [5, 5.41) is 21.2. The lowest BCUT2D eigenvalue weighted by molar-refractivity contribution is -0.143. The largest absolute Gasteiger partial charge is 0.480 e. The van der Waals surface area contributed by atoms with Crippen LogP contribution >= 0.6 is 0 Å². The number of rotatable bonds is 16. The van der Waals surface area contributed by atoms with Crippen molar-refractivity contribution < 1.29 is 29.1 Å². The van der Waals surface area contributed by atoms with E-state index in [1.165, 1.54) is 0 Å². The highest BCUT2D eigenvalue weighted by Gasteiger charge is 2.30. The molecule has 6 aromatic carbocycles. The summed E-state index contributed by atoms with van der Waals surface area (Å²) in [4.78, 5) is 68.4. The van der Waals surface area contributed by atoms with Gasteiger partial charge in [-0.25, -0.2) is 4.79 Å². The number of nitrogen functional groups attached to an aromatic ring is 1. The van der Waals surface area contributed by atoms with E-state index < -0.39 is 53.6 Å². The van der Waals surface area contributed by atoms with Crippen molar-refractivity contribution in [2.45, 2.75) is 44.8 Å². The second-order valence-corrected chi connectivity index (χ2v) is 14.7. The van der Waals surface area contributed by atoms with Crippen molar-refractivity contribution in [3.8, 4) is 22.3 Å². The number of para-hydroxylation sites is 2. The van der Waals surface area contributed by atoms with Crippen molar-refractivity contribution in [3.05, 3.63) is 180 Å². The molecular formula is C49H47N5O6. The molecule has 6 aromatic rings. The number of hydrogen-bond donors (Lipinski definition) is 6. The van der Waals surface area contributed by atoms with E-state index >= 15 is 0 Å². The van der Waals surface area contributed by atoms with Gasteiger partial charge in [0.2, 0.25) is 11.8 Å². The Kier molecular flexibility index (Phi) is 13.9. The first-order chi connectivity index (χ1) is 29.0. The molecule has 304 valence electrons. The second kappa shape index (κ2) is 19.8. The number of carbonyl (C=O) groups is 5. The van der Waals surface area contributed by atoms with Crippen LogP contribution in [0.15, 0.2) is 158 Å². The fourth-order valence-electron chi connectivity index (χ4n) is 6.98. The van der Waals surface area contributed by atoms with E-state index in [0.29, 0.717) is 22.5 Å². The van der Waals surface area contributed by atoms with E-state index in [-0.39, 0.29) is 24.0 Å². The maximum Gasteiger partial charge on any atom is 0.326 e. The SMILES string of the molecule is CC(C)[C@H](NC(=O)[C@H](Cc1ccccc1)NC(=O)c1ccccc1-c1ccccc1C(=O)N[C@@H](Cc1ccccc1)C(=O)Nc1ccccc1-c1ccccc1N)C(=O)O. The van der Waals surface area contributed by atoms with Crippen LogP contribution in [-0.4, -0.2) is 52.8 Å². The quantitative estimate of drug-likeness (QED) is 0.0563. The molecule has 0 fully saturated rings. The molecule has 0 radical (unpaired) electrons. The van der Waals surface area contributed by atoms with Gasteiger partial charge in [0.15, 0.2) is 0 Å². The van der Waals surface area contributed by atoms with Crippen molar-refractivity contribution >= 4 is 41.0 Å². The maximum absolute atomic E-state index is 14.4. The summed E-state index contributed by atoms with van der Waals surface area (Å²) >= 11 is 0. The molecule has 3 atom stereocenters. The number of hydrogen-bond acceptors (Lipinski definition) is 6. The Bertz CT molecular complexity index is 2470. The summed E-state index contributed by atoms with van der Waals surface area (Å²) < 4.78 is 0. The van der Waals surface area contributed by atoms with E-state index in [1.54, 1.807) is 74.5 Å². The van der Waals surface area contributed by atoms with Crippen LogP contribution < -0.4 is 27.0 Å². The van der Waals surface area contributed by atoms with Crippen LogP contribution in [0.5, 0.6) is 0 Å². The molecule has 11 heteroatoms. The molecular weight excluding hydrogens is 755 g/mol. The first-order valence-electron chi connectivity index (χ1n) is 19.7. The molecule has 7 N–H and O–H groups in total. The first-order valence-corrected chi connectivity index (χ1v) is 19.7. The molecule has 0 saturated carbocycles. The van der Waals surface area contributed by atoms with E-state index in [4.69, 9.17) is 5.73 Å². The Balaban J connectivity index is 1.29. The molecule has 0 aromatic heterocycles. The summed E-state index contributed by atoms with van der Waals surface area (Å²) in [5.41, 5.74) is 11.6. The van der Waals surface area contributed by atoms with E-state index in [0.717, 1.165) is 22.3 Å². The van der Waals surface area contributed by atoms with Crippen LogP contribution in [0, 0.1) is 5.92 Å². The van der Waals surface area contributed by atoms with Gasteiger partial charge in [-0.2, -0.15) is 0 Å². The second-order valence-electron chi connectivity index (χ2n) is 14.7. The number of nitrogens with one attached hydrogen (secondary N) is 4. The maximum atomic E-state index is 14.4. The molecule has 60 heavy (non-hydrogen) atoms. The molecule has 6 rings (SSSR count). The van der Waals surface area contributed by atoms with Gasteiger partial charge in [-0.3, -0.25) is 19.2 Å². The molecule has 0 spiro atoms. The minimum absolute atomic E-state index is 0.0953. The minimum atomic E-state index is -1.19. The Labute approximate surface area is 349 Å². The monoisotopic (exact) mass is 801 g/mol. The van der Waals surface area contributed by atoms with Gasteiger partial charge in [-0.1, -0.05) is 147 Å². The van der Waals surface area contributed by atoms with Crippen molar-refractivity contribution in [1.29, 1.82) is 0 Å². The zero-order chi connectivity index (χ0) is 42.6. The minimum Gasteiger partial charge on any atom is -0.480 e. The molecule has 11 nitrogen and oxygen atoms in total. The topological polar surface area (TPSA) is 180 Å². The summed E-state index contributed by atoms with van der Waals surface area (Å²) in [7, 11) is 0. The number of amides is 4. The number of aliphatic carboxylic acids is 1. The molecule has 0 heterocycles. The third-order valence-electron chi connectivity index (χ3n) is 10.1. The lowest BCUT2D eigenvalue weighted by Crippen LogP contribution is -2.54. The molecule has 0 saturated heterocycles. The van der Waals surface area contributed by atoms with E-state index in [9.17, 15) is 29.1 Å². The summed E-state index contributed by atoms with van der Waals surface area (Å²) in [5.74, 6) is -3.85. The Morgan fingerprint density at radius 3 is 1.40 bits per heavy atom. The van der Waals surface area contributed by atoms with Gasteiger partial charge in [0.1, 0.15) is 18.1 Å². The Morgan fingerprint density at radius 2 is 0.917 bits per heavy atom. The van der Waals surface area contributed by atoms with Gasteiger partial charge in [0.05, 0.1) is 0 Å². The summed E-state index contributed by atoms with van der Waals surface area (Å²) in [6.45, 7) is 3.37. The van der Waals surface area contributed by atoms with Crippen molar-refractivity contribution in [1.82, 2.24) is 16.0 Å². The predicted octanol–water partition coefficient (Wildman–Crippen LogP) is 7.15. The van der Waals surface area contributed by atoms with Crippen LogP contribution in [0.1, 0.15) is 45.7 Å². The lowest BCUT2D eigenvalue weighted by atomic mass is 9.93. The van der Waals surface area contributed by atoms with Crippen molar-refractivity contribution in [3.63, 3.8) is 0 Å². The van der Waals surface area contributed by atoms with Crippen molar-refractivity contribution in [2.24, 2.45) is 5.92 Å². The number of carboxylic acid groups (broad SMARTS) is 1. The molecule has 0 aliphatic carbocycles. The third-order valence-corrected chi connectivity index (χ3v) is 10.1. The first kappa shape index (κ1) is 42.1. The van der Waals surface area contributed by atoms with Gasteiger partial charge < -0.3 is 32.1 Å². The van der Waals surface area contributed by atoms with Gasteiger partial charge in [0.25, 0.3) is 11.8 Å². The molecule has 0 aliphatic rings. The highest BCUT2D eigenvalue weighted by molar-refractivity contribution is 6.09. The van der Waals surface area contributed by atoms with E-state index in [1.807, 2.05) is 97.1 Å². The van der Waals surface area contributed by atoms with Crippen LogP contribution in [0.2, 0.25) is 0 Å². The predicted molar refractivity (Wildman–Crippen MR) is 234 cm³/mol. The van der Waals surface area contributed by atoms with Gasteiger partial charge in [0, 0.05) is 46.5 Å². The lowest BCUT2D eigenvalue weighted by Gasteiger charge is -2.24. The summed E-state index contributed by atoms with van der Waals surface area (Å²) in [6, 6.07) is 43.2. The normalized spacial score (nSPS) is 12.4. The smallest absolute Gasteiger partial charge is 0.326 e. The van der Waals surface area contributed by atoms with Gasteiger partial charge in [-0.05, 0) is 52.4 Å². The number of carboxylic acids is 1. The average Bonchev–Trinajstić information content (AvgIpc) is 3.26. The number of carbonyl (C=O) groups excluding carboxylic acids is 4. The number of benzene rings is 6. The fourth-order valence-corrected chi connectivity index (χ4v) is 6.98. The summed E-state index contributed by atoms with van der Waals surface area (Å²) in [6.07, 6.45) is 0.276. The number of nitrogens with two attached hydrogens (primary N) is 1. The van der Waals surface area contributed by atoms with Crippen molar-refractivity contribution in [2.75, 3.05) is 11.1 Å². The standard InChI is InChI=1S/C49H47N5O6/c1-31(2)44(49(59)60)54-48(58)43(30-33-19-7-4-8-20-33)53-46(56)39-26-12-10-22-35(39)34-21-9-11-25-38(34)45(55)52-42(29-32-17-5-3-6-18-32)47(57)51-41-28-16-14-24-37(41)36-23-13-15-27-40(36)50/h3-28,31,42-44H,29-30,50H2,1-2H3,(H,51,57)(H,52,55)(H,53,56)(H,54,58)(H,59,60)/t42-,43-,44-/m0/s1. The van der Waals surface area contributed by atoms with Crippen LogP contribution in [0.4, 0.5) is 11.4 Å². The zero-order valence-corrected chi connectivity index (χ0v) is 33.3. The third kappa shape index (κ3) is 10.5. The zero-order valence-electron chi connectivity index (χ0n) is 33.3. The molecule has 4 amide bonds. The Morgan fingerprint density at radius 1 is 0.500 bits per heavy atom. The van der Waals surface area contributed by atoms with E-state index in [2.05, 4.69) is 21.3 Å². The highest BCUT2D eigenvalue weighted by atomic mass is 16.4. The van der Waals surface area contributed by atoms with Gasteiger partial charge in [-0.15, -0.1) is 0 Å². The van der Waals surface area contributed by atoms with Crippen LogP contribution in [-0.2, 0) is 27.2 Å². The molecule has 0 aliphatic heterocycles. The molecule has 0 bridgehead atoms. The molecule has 0 unspecified atom stereocenters. The van der Waals surface area contributed by atoms with Crippen LogP contribution in [0.3, 0.4) is 0 Å². The van der Waals surface area contributed by atoms with Crippen LogP contribution in [0.25, 0.3) is 22.3 Å². The Hall–Kier alpha value is -7.53. The average molecular weight is 802 g/mol. The number of anilines is 2.